The lowest BCUT2D eigenvalue weighted by Crippen LogP contribution is -2.41. The predicted molar refractivity (Wildman–Crippen MR) is 104 cm³/mol. The van der Waals surface area contributed by atoms with Crippen molar-refractivity contribution in [3.63, 3.8) is 0 Å². The van der Waals surface area contributed by atoms with Crippen molar-refractivity contribution in [1.29, 1.82) is 0 Å². The van der Waals surface area contributed by atoms with Crippen molar-refractivity contribution in [2.24, 2.45) is 4.99 Å². The van der Waals surface area contributed by atoms with Gasteiger partial charge >= 0.3 is 0 Å². The number of hydrogen-bond acceptors (Lipinski definition) is 2. The van der Waals surface area contributed by atoms with Gasteiger partial charge in [0, 0.05) is 45.0 Å². The summed E-state index contributed by atoms with van der Waals surface area (Å²) in [5.41, 5.74) is 1.43. The fraction of sp³-hybridized carbons (Fsp3) is 0.412. The van der Waals surface area contributed by atoms with Crippen molar-refractivity contribution >= 4 is 29.9 Å². The first kappa shape index (κ1) is 17.8. The average molecular weight is 425 g/mol. The van der Waals surface area contributed by atoms with E-state index < -0.39 is 0 Å². The molecule has 1 aliphatic rings. The molecule has 0 bridgehead atoms. The summed E-state index contributed by atoms with van der Waals surface area (Å²) in [6.07, 6.45) is 4.97. The first-order valence-electron chi connectivity index (χ1n) is 7.85. The second-order valence-electron chi connectivity index (χ2n) is 5.59. The molecular weight excluding hydrogens is 401 g/mol. The van der Waals surface area contributed by atoms with Crippen LogP contribution in [0.1, 0.15) is 17.9 Å². The van der Waals surface area contributed by atoms with Crippen molar-refractivity contribution in [3.8, 4) is 0 Å². The number of nitrogens with one attached hydrogen (secondary N) is 1. The van der Waals surface area contributed by atoms with Gasteiger partial charge in [0.2, 0.25) is 0 Å². The topological polar surface area (TPSA) is 45.5 Å². The number of likely N-dealkylation sites (tertiary alicyclic amines) is 1. The Balaban J connectivity index is 0.00000192. The van der Waals surface area contributed by atoms with Gasteiger partial charge in [-0.1, -0.05) is 30.3 Å². The maximum atomic E-state index is 4.42. The highest BCUT2D eigenvalue weighted by Gasteiger charge is 2.25. The molecule has 1 aliphatic heterocycles. The average Bonchev–Trinajstić information content (AvgIpc) is 3.24. The third-order valence-electron chi connectivity index (χ3n) is 4.15. The van der Waals surface area contributed by atoms with Gasteiger partial charge in [0.1, 0.15) is 0 Å². The lowest BCUT2D eigenvalue weighted by Gasteiger charge is -2.21. The van der Waals surface area contributed by atoms with Crippen molar-refractivity contribution < 1.29 is 0 Å². The normalized spacial score (nSPS) is 17.9. The molecule has 23 heavy (non-hydrogen) atoms. The molecule has 1 aromatic heterocycles. The zero-order valence-corrected chi connectivity index (χ0v) is 15.8. The number of nitrogens with zero attached hydrogens (tertiary/aromatic N) is 4. The molecule has 2 heterocycles. The highest BCUT2D eigenvalue weighted by molar-refractivity contribution is 14.0. The molecule has 0 spiro atoms. The Labute approximate surface area is 154 Å². The molecular formula is C17H24IN5. The Kier molecular flexibility index (Phi) is 6.88. The molecule has 0 radical (unpaired) electrons. The highest BCUT2D eigenvalue weighted by Crippen LogP contribution is 2.26. The van der Waals surface area contributed by atoms with E-state index in [0.29, 0.717) is 5.92 Å². The number of aromatic nitrogens is 2. The molecule has 6 heteroatoms. The predicted octanol–water partition coefficient (Wildman–Crippen LogP) is 2.57. The second kappa shape index (κ2) is 8.90. The number of hydrogen-bond donors (Lipinski definition) is 1. The zero-order chi connectivity index (χ0) is 15.2. The summed E-state index contributed by atoms with van der Waals surface area (Å²) in [5.74, 6) is 1.59. The molecule has 1 aromatic carbocycles. The van der Waals surface area contributed by atoms with Crippen LogP contribution in [-0.4, -0.2) is 47.3 Å². The fourth-order valence-corrected chi connectivity index (χ4v) is 3.00. The molecule has 0 saturated carbocycles. The van der Waals surface area contributed by atoms with Gasteiger partial charge in [0.15, 0.2) is 5.96 Å². The van der Waals surface area contributed by atoms with Gasteiger partial charge in [-0.2, -0.15) is 5.10 Å². The van der Waals surface area contributed by atoms with E-state index in [9.17, 15) is 0 Å². The summed E-state index contributed by atoms with van der Waals surface area (Å²) in [5, 5.41) is 7.65. The Bertz CT molecular complexity index is 597. The largest absolute Gasteiger partial charge is 0.354 e. The lowest BCUT2D eigenvalue weighted by molar-refractivity contribution is 0.479. The van der Waals surface area contributed by atoms with E-state index in [1.165, 1.54) is 12.0 Å². The molecule has 1 atom stereocenters. The number of rotatable bonds is 4. The lowest BCUT2D eigenvalue weighted by atomic mass is 9.99. The third-order valence-corrected chi connectivity index (χ3v) is 4.15. The summed E-state index contributed by atoms with van der Waals surface area (Å²) < 4.78 is 1.93. The van der Waals surface area contributed by atoms with Crippen LogP contribution >= 0.6 is 24.0 Å². The van der Waals surface area contributed by atoms with Crippen molar-refractivity contribution in [1.82, 2.24) is 20.0 Å². The Morgan fingerprint density at radius 1 is 1.30 bits per heavy atom. The van der Waals surface area contributed by atoms with Crippen LogP contribution < -0.4 is 5.32 Å². The van der Waals surface area contributed by atoms with Gasteiger partial charge in [-0.05, 0) is 18.1 Å². The standard InChI is InChI=1S/C17H23N5.HI/c1-18-17(19-10-13-22-11-5-9-20-22)21-12-8-16(14-21)15-6-3-2-4-7-15;/h2-7,9,11,16H,8,10,12-14H2,1H3,(H,18,19);1H. The SMILES string of the molecule is CN=C(NCCn1cccn1)N1CCC(c2ccccc2)C1.I. The van der Waals surface area contributed by atoms with Crippen molar-refractivity contribution in [2.75, 3.05) is 26.7 Å². The summed E-state index contributed by atoms with van der Waals surface area (Å²) in [6, 6.07) is 12.7. The minimum atomic E-state index is 0. The molecule has 0 aliphatic carbocycles. The number of halogens is 1. The van der Waals surface area contributed by atoms with E-state index in [1.807, 2.05) is 24.0 Å². The van der Waals surface area contributed by atoms with E-state index in [-0.39, 0.29) is 24.0 Å². The number of benzene rings is 1. The maximum absolute atomic E-state index is 4.42. The van der Waals surface area contributed by atoms with Gasteiger partial charge in [-0.15, -0.1) is 24.0 Å². The summed E-state index contributed by atoms with van der Waals surface area (Å²) >= 11 is 0. The van der Waals surface area contributed by atoms with Gasteiger partial charge in [-0.25, -0.2) is 0 Å². The van der Waals surface area contributed by atoms with E-state index in [0.717, 1.165) is 32.1 Å². The van der Waals surface area contributed by atoms with Gasteiger partial charge in [-0.3, -0.25) is 9.67 Å². The third kappa shape index (κ3) is 4.70. The van der Waals surface area contributed by atoms with E-state index >= 15 is 0 Å². The first-order valence-corrected chi connectivity index (χ1v) is 7.85. The molecule has 124 valence electrons. The van der Waals surface area contributed by atoms with E-state index in [2.05, 4.69) is 50.6 Å². The van der Waals surface area contributed by atoms with E-state index in [1.54, 1.807) is 6.20 Å². The molecule has 1 fully saturated rings. The van der Waals surface area contributed by atoms with Crippen LogP contribution in [0.3, 0.4) is 0 Å². The van der Waals surface area contributed by atoms with Gasteiger partial charge in [0.05, 0.1) is 6.54 Å². The maximum Gasteiger partial charge on any atom is 0.193 e. The molecule has 5 nitrogen and oxygen atoms in total. The minimum absolute atomic E-state index is 0. The van der Waals surface area contributed by atoms with Gasteiger partial charge in [0.25, 0.3) is 0 Å². The monoisotopic (exact) mass is 425 g/mol. The molecule has 1 saturated heterocycles. The zero-order valence-electron chi connectivity index (χ0n) is 13.4. The minimum Gasteiger partial charge on any atom is -0.354 e. The number of guanidine groups is 1. The first-order chi connectivity index (χ1) is 10.9. The van der Waals surface area contributed by atoms with Crippen LogP contribution in [0.2, 0.25) is 0 Å². The Morgan fingerprint density at radius 3 is 2.83 bits per heavy atom. The summed E-state index contributed by atoms with van der Waals surface area (Å²) in [6.45, 7) is 3.77. The number of aliphatic imine (C=N–C) groups is 1. The Morgan fingerprint density at radius 2 is 2.13 bits per heavy atom. The quantitative estimate of drug-likeness (QED) is 0.466. The Hall–Kier alpha value is -1.57. The van der Waals surface area contributed by atoms with Gasteiger partial charge < -0.3 is 10.2 Å². The highest BCUT2D eigenvalue weighted by atomic mass is 127. The molecule has 3 rings (SSSR count). The van der Waals surface area contributed by atoms with Crippen LogP contribution in [0.4, 0.5) is 0 Å². The fourth-order valence-electron chi connectivity index (χ4n) is 3.00. The van der Waals surface area contributed by atoms with Crippen molar-refractivity contribution in [2.45, 2.75) is 18.9 Å². The molecule has 1 N–H and O–H groups in total. The van der Waals surface area contributed by atoms with Crippen molar-refractivity contribution in [3.05, 3.63) is 54.4 Å². The summed E-state index contributed by atoms with van der Waals surface area (Å²) in [7, 11) is 1.85. The van der Waals surface area contributed by atoms with Crippen LogP contribution in [0, 0.1) is 0 Å². The molecule has 2 aromatic rings. The van der Waals surface area contributed by atoms with Crippen LogP contribution in [0.15, 0.2) is 53.8 Å². The van der Waals surface area contributed by atoms with Crippen LogP contribution in [0.5, 0.6) is 0 Å². The van der Waals surface area contributed by atoms with E-state index in [4.69, 9.17) is 0 Å². The summed E-state index contributed by atoms with van der Waals surface area (Å²) in [4.78, 5) is 6.77. The van der Waals surface area contributed by atoms with Crippen LogP contribution in [0.25, 0.3) is 0 Å². The molecule has 0 amide bonds. The molecule has 1 unspecified atom stereocenters. The second-order valence-corrected chi connectivity index (χ2v) is 5.59. The van der Waals surface area contributed by atoms with Crippen LogP contribution in [-0.2, 0) is 6.54 Å². The smallest absolute Gasteiger partial charge is 0.193 e.